The number of hydrogen-bond donors (Lipinski definition) is 0. The Hall–Kier alpha value is -6.91. The number of rotatable bonds is 4. The number of ether oxygens (including phenoxy) is 1. The number of aromatic nitrogens is 3. The lowest BCUT2D eigenvalue weighted by atomic mass is 9.64. The van der Waals surface area contributed by atoms with Crippen LogP contribution < -0.4 is 4.74 Å². The summed E-state index contributed by atoms with van der Waals surface area (Å²) in [6, 6.07) is 57.6. The number of benzene rings is 7. The number of fused-ring (bicyclic) bond motifs is 9. The predicted molar refractivity (Wildman–Crippen MR) is 217 cm³/mol. The molecule has 11 rings (SSSR count). The molecule has 0 fully saturated rings. The molecule has 0 saturated carbocycles. The second kappa shape index (κ2) is 12.1. The van der Waals surface area contributed by atoms with Crippen molar-refractivity contribution in [2.45, 2.75) is 18.3 Å². The van der Waals surface area contributed by atoms with Crippen LogP contribution in [-0.4, -0.2) is 15.0 Å². The van der Waals surface area contributed by atoms with Gasteiger partial charge in [0, 0.05) is 27.8 Å². The minimum absolute atomic E-state index is 0.436. The molecule has 0 bridgehead atoms. The van der Waals surface area contributed by atoms with Gasteiger partial charge in [0.1, 0.15) is 11.5 Å². The molecule has 0 N–H and O–H groups in total. The Kier molecular flexibility index (Phi) is 6.86. The van der Waals surface area contributed by atoms with E-state index in [1.165, 1.54) is 33.4 Å². The van der Waals surface area contributed by atoms with Crippen LogP contribution in [0.3, 0.4) is 0 Å². The maximum absolute atomic E-state index is 6.93. The third kappa shape index (κ3) is 4.53. The Morgan fingerprint density at radius 1 is 0.481 bits per heavy atom. The SMILES string of the molecule is C1=CC2=C(CC1)C1(c3ccccc3Oc3cc(-c4ccc5ccccc5c4-c4nc(-c5ccccc5)nc(-c5ccccc5)n4)ccc31)c1ccccc12. The summed E-state index contributed by atoms with van der Waals surface area (Å²) < 4.78 is 6.93. The molecule has 0 amide bonds. The molecular formula is C50H33N3O. The molecule has 0 saturated heterocycles. The minimum atomic E-state index is -0.436. The van der Waals surface area contributed by atoms with Crippen LogP contribution in [0, 0.1) is 0 Å². The fourth-order valence-electron chi connectivity index (χ4n) is 9.02. The Morgan fingerprint density at radius 2 is 1.13 bits per heavy atom. The first-order chi connectivity index (χ1) is 26.8. The van der Waals surface area contributed by atoms with E-state index >= 15 is 0 Å². The Bertz CT molecular complexity index is 2800. The maximum Gasteiger partial charge on any atom is 0.165 e. The van der Waals surface area contributed by atoms with E-state index in [0.717, 1.165) is 62.9 Å². The van der Waals surface area contributed by atoms with Crippen molar-refractivity contribution in [3.63, 3.8) is 0 Å². The number of nitrogens with zero attached hydrogens (tertiary/aromatic N) is 3. The molecule has 2 heterocycles. The van der Waals surface area contributed by atoms with E-state index in [2.05, 4.69) is 140 Å². The Labute approximate surface area is 313 Å². The van der Waals surface area contributed by atoms with E-state index in [1.54, 1.807) is 0 Å². The van der Waals surface area contributed by atoms with Gasteiger partial charge in [-0.3, -0.25) is 0 Å². The lowest BCUT2D eigenvalue weighted by molar-refractivity contribution is 0.432. The molecule has 1 aromatic heterocycles. The highest BCUT2D eigenvalue weighted by atomic mass is 16.5. The Morgan fingerprint density at radius 3 is 1.93 bits per heavy atom. The lowest BCUT2D eigenvalue weighted by Crippen LogP contribution is -2.33. The van der Waals surface area contributed by atoms with Crippen LogP contribution in [0.1, 0.15) is 35.1 Å². The lowest BCUT2D eigenvalue weighted by Gasteiger charge is -2.41. The second-order valence-electron chi connectivity index (χ2n) is 14.2. The van der Waals surface area contributed by atoms with E-state index in [-0.39, 0.29) is 0 Å². The highest BCUT2D eigenvalue weighted by Crippen LogP contribution is 2.63. The monoisotopic (exact) mass is 691 g/mol. The maximum atomic E-state index is 6.93. The van der Waals surface area contributed by atoms with Gasteiger partial charge in [0.25, 0.3) is 0 Å². The molecule has 0 radical (unpaired) electrons. The summed E-state index contributed by atoms with van der Waals surface area (Å²) >= 11 is 0. The van der Waals surface area contributed by atoms with Crippen molar-refractivity contribution in [1.29, 1.82) is 0 Å². The van der Waals surface area contributed by atoms with Crippen LogP contribution in [0.2, 0.25) is 0 Å². The van der Waals surface area contributed by atoms with Gasteiger partial charge < -0.3 is 4.74 Å². The summed E-state index contributed by atoms with van der Waals surface area (Å²) in [5.41, 5.74) is 12.3. The van der Waals surface area contributed by atoms with E-state index < -0.39 is 5.41 Å². The fraction of sp³-hybridized carbons (Fsp3) is 0.0600. The zero-order valence-electron chi connectivity index (χ0n) is 29.4. The average Bonchev–Trinajstić information content (AvgIpc) is 3.54. The van der Waals surface area contributed by atoms with Gasteiger partial charge in [0.2, 0.25) is 0 Å². The predicted octanol–water partition coefficient (Wildman–Crippen LogP) is 12.3. The molecule has 1 spiro atoms. The van der Waals surface area contributed by atoms with Crippen LogP contribution in [-0.2, 0) is 5.41 Å². The van der Waals surface area contributed by atoms with Gasteiger partial charge in [0.05, 0.1) is 5.41 Å². The largest absolute Gasteiger partial charge is 0.457 e. The molecule has 54 heavy (non-hydrogen) atoms. The van der Waals surface area contributed by atoms with Gasteiger partial charge in [-0.15, -0.1) is 0 Å². The molecule has 4 nitrogen and oxygen atoms in total. The molecular weight excluding hydrogens is 659 g/mol. The van der Waals surface area contributed by atoms with Crippen molar-refractivity contribution in [3.8, 4) is 56.8 Å². The zero-order valence-corrected chi connectivity index (χ0v) is 29.4. The van der Waals surface area contributed by atoms with E-state index in [1.807, 2.05) is 36.4 Å². The topological polar surface area (TPSA) is 47.9 Å². The van der Waals surface area contributed by atoms with Gasteiger partial charge >= 0.3 is 0 Å². The quantitative estimate of drug-likeness (QED) is 0.184. The first-order valence-electron chi connectivity index (χ1n) is 18.6. The molecule has 7 aromatic carbocycles. The van der Waals surface area contributed by atoms with E-state index in [0.29, 0.717) is 17.5 Å². The first-order valence-corrected chi connectivity index (χ1v) is 18.6. The fourth-order valence-corrected chi connectivity index (χ4v) is 9.02. The summed E-state index contributed by atoms with van der Waals surface area (Å²) in [6.07, 6.45) is 6.67. The van der Waals surface area contributed by atoms with Crippen molar-refractivity contribution < 1.29 is 4.74 Å². The molecule has 254 valence electrons. The summed E-state index contributed by atoms with van der Waals surface area (Å²) in [5, 5.41) is 2.20. The van der Waals surface area contributed by atoms with Crippen LogP contribution in [0.5, 0.6) is 11.5 Å². The second-order valence-corrected chi connectivity index (χ2v) is 14.2. The third-order valence-electron chi connectivity index (χ3n) is 11.3. The summed E-state index contributed by atoms with van der Waals surface area (Å²) in [4.78, 5) is 15.4. The van der Waals surface area contributed by atoms with Crippen molar-refractivity contribution in [1.82, 2.24) is 15.0 Å². The highest BCUT2D eigenvalue weighted by Gasteiger charge is 2.52. The van der Waals surface area contributed by atoms with Crippen LogP contribution in [0.15, 0.2) is 182 Å². The molecule has 1 aliphatic heterocycles. The van der Waals surface area contributed by atoms with E-state index in [9.17, 15) is 0 Å². The van der Waals surface area contributed by atoms with Crippen molar-refractivity contribution in [2.75, 3.05) is 0 Å². The van der Waals surface area contributed by atoms with Crippen molar-refractivity contribution in [2.24, 2.45) is 0 Å². The van der Waals surface area contributed by atoms with Crippen LogP contribution >= 0.6 is 0 Å². The van der Waals surface area contributed by atoms with Gasteiger partial charge in [-0.25, -0.2) is 15.0 Å². The number of hydrogen-bond acceptors (Lipinski definition) is 4. The first kappa shape index (κ1) is 30.7. The highest BCUT2D eigenvalue weighted by molar-refractivity contribution is 6.03. The number of para-hydroxylation sites is 1. The van der Waals surface area contributed by atoms with Gasteiger partial charge in [0.15, 0.2) is 17.5 Å². The van der Waals surface area contributed by atoms with Gasteiger partial charge in [-0.2, -0.15) is 0 Å². The minimum Gasteiger partial charge on any atom is -0.457 e. The molecule has 1 atom stereocenters. The number of allylic oxidation sites excluding steroid dienone is 4. The van der Waals surface area contributed by atoms with E-state index in [4.69, 9.17) is 19.7 Å². The smallest absolute Gasteiger partial charge is 0.165 e. The van der Waals surface area contributed by atoms with Crippen LogP contribution in [0.4, 0.5) is 0 Å². The molecule has 4 heteroatoms. The van der Waals surface area contributed by atoms with Gasteiger partial charge in [-0.1, -0.05) is 164 Å². The van der Waals surface area contributed by atoms with Crippen molar-refractivity contribution >= 4 is 16.3 Å². The zero-order chi connectivity index (χ0) is 35.6. The summed E-state index contributed by atoms with van der Waals surface area (Å²) in [5.74, 6) is 3.67. The molecule has 2 aliphatic carbocycles. The average molecular weight is 692 g/mol. The summed E-state index contributed by atoms with van der Waals surface area (Å²) in [6.45, 7) is 0. The standard InChI is InChI=1S/C50H33N3O/c1-3-16-33(17-4-1)47-51-48(34-18-5-2-6-19-34)53-49(52-47)46-36-20-8-7-15-32(36)27-29-37(46)35-28-30-43-45(31-35)54-44-26-14-13-25-42(44)50(43)40-23-11-9-21-38(40)39-22-10-12-24-41(39)50/h1-11,13-23,25-31H,12,24H2. The molecule has 1 unspecified atom stereocenters. The van der Waals surface area contributed by atoms with Crippen LogP contribution in [0.25, 0.3) is 61.6 Å². The van der Waals surface area contributed by atoms with Gasteiger partial charge in [-0.05, 0) is 69.1 Å². The molecule has 3 aliphatic rings. The third-order valence-corrected chi connectivity index (χ3v) is 11.3. The summed E-state index contributed by atoms with van der Waals surface area (Å²) in [7, 11) is 0. The van der Waals surface area contributed by atoms with Crippen molar-refractivity contribution in [3.05, 3.63) is 204 Å². The Balaban J connectivity index is 1.16. The molecule has 8 aromatic rings. The normalized spacial score (nSPS) is 16.4.